The van der Waals surface area contributed by atoms with Crippen LogP contribution in [-0.4, -0.2) is 15.0 Å². The van der Waals surface area contributed by atoms with E-state index in [0.717, 1.165) is 5.56 Å². The third-order valence-electron chi connectivity index (χ3n) is 4.29. The van der Waals surface area contributed by atoms with Gasteiger partial charge in [0.05, 0.1) is 17.8 Å². The number of rotatable bonds is 2. The van der Waals surface area contributed by atoms with E-state index in [2.05, 4.69) is 15.0 Å². The van der Waals surface area contributed by atoms with E-state index in [1.54, 1.807) is 30.6 Å². The van der Waals surface area contributed by atoms with Crippen molar-refractivity contribution in [2.75, 3.05) is 0 Å². The van der Waals surface area contributed by atoms with Crippen LogP contribution in [0.4, 0.5) is 4.39 Å². The van der Waals surface area contributed by atoms with Gasteiger partial charge in [0.2, 0.25) is 11.8 Å². The molecule has 0 aliphatic carbocycles. The highest BCUT2D eigenvalue weighted by Gasteiger charge is 2.34. The molecule has 7 nitrogen and oxygen atoms in total. The number of nitriles is 1. The van der Waals surface area contributed by atoms with Crippen LogP contribution in [-0.2, 0) is 0 Å². The molecule has 0 bridgehead atoms. The van der Waals surface area contributed by atoms with Crippen molar-refractivity contribution < 1.29 is 9.13 Å². The minimum atomic E-state index is -0.774. The Morgan fingerprint density at radius 3 is 2.74 bits per heavy atom. The first-order valence-electron chi connectivity index (χ1n) is 7.94. The number of nitrogens with zero attached hydrogens (tertiary/aromatic N) is 3. The zero-order chi connectivity index (χ0) is 19.0. The number of hydrogen-bond acceptors (Lipinski definition) is 6. The van der Waals surface area contributed by atoms with E-state index in [9.17, 15) is 14.4 Å². The molecule has 0 fully saturated rings. The maximum atomic E-state index is 13.2. The zero-order valence-corrected chi connectivity index (χ0v) is 13.8. The van der Waals surface area contributed by atoms with Gasteiger partial charge in [-0.25, -0.2) is 9.37 Å². The van der Waals surface area contributed by atoms with Crippen LogP contribution in [0, 0.1) is 17.1 Å². The molecule has 1 aliphatic heterocycles. The normalized spacial score (nSPS) is 15.6. The van der Waals surface area contributed by atoms with Gasteiger partial charge in [0.15, 0.2) is 0 Å². The molecule has 3 heterocycles. The monoisotopic (exact) mass is 361 g/mol. The van der Waals surface area contributed by atoms with Gasteiger partial charge in [-0.05, 0) is 29.3 Å². The Morgan fingerprint density at radius 2 is 2.00 bits per heavy atom. The van der Waals surface area contributed by atoms with Gasteiger partial charge in [-0.15, -0.1) is 0 Å². The van der Waals surface area contributed by atoms with Gasteiger partial charge >= 0.3 is 0 Å². The van der Waals surface area contributed by atoms with Crippen molar-refractivity contribution in [1.29, 1.82) is 5.26 Å². The minimum Gasteiger partial charge on any atom is -0.422 e. The fourth-order valence-corrected chi connectivity index (χ4v) is 3.04. The Morgan fingerprint density at radius 1 is 1.22 bits per heavy atom. The molecule has 1 aromatic carbocycles. The van der Waals surface area contributed by atoms with Gasteiger partial charge in [-0.2, -0.15) is 5.26 Å². The molecule has 132 valence electrons. The first-order chi connectivity index (χ1) is 13.1. The Labute approximate surface area is 152 Å². The predicted octanol–water partition coefficient (Wildman–Crippen LogP) is 2.19. The van der Waals surface area contributed by atoms with Crippen LogP contribution >= 0.6 is 0 Å². The molecule has 0 spiro atoms. The fourth-order valence-electron chi connectivity index (χ4n) is 3.04. The topological polar surface area (TPSA) is 118 Å². The van der Waals surface area contributed by atoms with Crippen LogP contribution in [0.15, 0.2) is 65.3 Å². The zero-order valence-electron chi connectivity index (χ0n) is 13.8. The molecule has 27 heavy (non-hydrogen) atoms. The summed E-state index contributed by atoms with van der Waals surface area (Å²) < 4.78 is 18.5. The highest BCUT2D eigenvalue weighted by molar-refractivity contribution is 5.64. The smallest absolute Gasteiger partial charge is 0.258 e. The van der Waals surface area contributed by atoms with Gasteiger partial charge in [-0.1, -0.05) is 12.1 Å². The number of allylic oxidation sites excluding steroid dienone is 1. The lowest BCUT2D eigenvalue weighted by molar-refractivity contribution is 0.375. The number of pyridine rings is 1. The maximum absolute atomic E-state index is 13.2. The van der Waals surface area contributed by atoms with Gasteiger partial charge in [-0.3, -0.25) is 9.78 Å². The van der Waals surface area contributed by atoms with E-state index in [-0.39, 0.29) is 28.7 Å². The first kappa shape index (κ1) is 16.5. The number of nitrogens with one attached hydrogen (secondary N) is 1. The van der Waals surface area contributed by atoms with Crippen molar-refractivity contribution >= 4 is 0 Å². The van der Waals surface area contributed by atoms with Crippen molar-refractivity contribution in [3.05, 3.63) is 87.8 Å². The van der Waals surface area contributed by atoms with Gasteiger partial charge < -0.3 is 15.5 Å². The quantitative estimate of drug-likeness (QED) is 0.722. The molecule has 3 aromatic rings. The van der Waals surface area contributed by atoms with E-state index in [1.807, 2.05) is 6.07 Å². The van der Waals surface area contributed by atoms with Crippen LogP contribution in [0.1, 0.15) is 17.0 Å². The van der Waals surface area contributed by atoms with Crippen molar-refractivity contribution in [1.82, 2.24) is 15.0 Å². The number of aromatic nitrogens is 3. The van der Waals surface area contributed by atoms with Crippen molar-refractivity contribution in [2.24, 2.45) is 5.73 Å². The van der Waals surface area contributed by atoms with Gasteiger partial charge in [0, 0.05) is 18.0 Å². The molecule has 2 aromatic heterocycles. The Kier molecular flexibility index (Phi) is 3.90. The number of halogens is 1. The summed E-state index contributed by atoms with van der Waals surface area (Å²) in [5.74, 6) is -1.18. The number of ether oxygens (including phenoxy) is 1. The van der Waals surface area contributed by atoms with Crippen molar-refractivity contribution in [3.8, 4) is 23.1 Å². The summed E-state index contributed by atoms with van der Waals surface area (Å²) in [4.78, 5) is 23.1. The minimum absolute atomic E-state index is 0.0486. The number of fused-ring (bicyclic) bond motifs is 1. The van der Waals surface area contributed by atoms with Gasteiger partial charge in [0.1, 0.15) is 17.5 Å². The van der Waals surface area contributed by atoms with Gasteiger partial charge in [0.25, 0.3) is 5.56 Å². The molecule has 1 aliphatic rings. The third-order valence-corrected chi connectivity index (χ3v) is 4.29. The largest absolute Gasteiger partial charge is 0.422 e. The van der Waals surface area contributed by atoms with Crippen LogP contribution in [0.2, 0.25) is 0 Å². The van der Waals surface area contributed by atoms with Crippen LogP contribution in [0.3, 0.4) is 0 Å². The highest BCUT2D eigenvalue weighted by atomic mass is 19.1. The lowest BCUT2D eigenvalue weighted by atomic mass is 9.85. The van der Waals surface area contributed by atoms with E-state index in [0.29, 0.717) is 11.1 Å². The Bertz CT molecular complexity index is 1160. The lowest BCUT2D eigenvalue weighted by Gasteiger charge is -2.24. The second-order valence-electron chi connectivity index (χ2n) is 5.89. The molecule has 3 N–H and O–H groups in total. The summed E-state index contributed by atoms with van der Waals surface area (Å²) in [6.45, 7) is 0. The number of nitrogens with two attached hydrogens (primary N) is 1. The second-order valence-corrected chi connectivity index (χ2v) is 5.89. The Balaban J connectivity index is 1.90. The fraction of sp³-hybridized carbons (Fsp3) is 0.0526. The number of H-pyrrole nitrogens is 1. The maximum Gasteiger partial charge on any atom is 0.258 e. The molecule has 0 radical (unpaired) electrons. The molecule has 0 saturated heterocycles. The highest BCUT2D eigenvalue weighted by Crippen LogP contribution is 2.39. The van der Waals surface area contributed by atoms with E-state index in [1.165, 1.54) is 18.5 Å². The summed E-state index contributed by atoms with van der Waals surface area (Å²) in [5, 5.41) is 9.56. The van der Waals surface area contributed by atoms with Crippen molar-refractivity contribution in [3.63, 3.8) is 0 Å². The van der Waals surface area contributed by atoms with E-state index >= 15 is 0 Å². The van der Waals surface area contributed by atoms with Crippen LogP contribution < -0.4 is 16.0 Å². The molecular formula is C19H12FN5O2. The Hall–Kier alpha value is -3.99. The molecule has 4 rings (SSSR count). The summed E-state index contributed by atoms with van der Waals surface area (Å²) in [6, 6.07) is 9.72. The molecular weight excluding hydrogens is 349 g/mol. The third kappa shape index (κ3) is 2.81. The van der Waals surface area contributed by atoms with E-state index in [4.69, 9.17) is 10.5 Å². The summed E-state index contributed by atoms with van der Waals surface area (Å²) in [6.07, 6.45) is 4.36. The summed E-state index contributed by atoms with van der Waals surface area (Å²) in [5.41, 5.74) is 7.73. The summed E-state index contributed by atoms with van der Waals surface area (Å²) >= 11 is 0. The van der Waals surface area contributed by atoms with Crippen LogP contribution in [0.5, 0.6) is 5.88 Å². The van der Waals surface area contributed by atoms with Crippen molar-refractivity contribution in [2.45, 2.75) is 5.92 Å². The predicted molar refractivity (Wildman–Crippen MR) is 93.8 cm³/mol. The number of aromatic amines is 1. The average Bonchev–Trinajstić information content (AvgIpc) is 2.68. The molecule has 8 heteroatoms. The molecule has 1 atom stereocenters. The first-order valence-corrected chi connectivity index (χ1v) is 7.94. The number of benzene rings is 1. The lowest BCUT2D eigenvalue weighted by Crippen LogP contribution is -2.28. The summed E-state index contributed by atoms with van der Waals surface area (Å²) in [7, 11) is 0. The molecule has 0 unspecified atom stereocenters. The average molecular weight is 361 g/mol. The van der Waals surface area contributed by atoms with Crippen LogP contribution in [0.25, 0.3) is 11.1 Å². The molecule has 0 amide bonds. The van der Waals surface area contributed by atoms with E-state index < -0.39 is 11.5 Å². The standard InChI is InChI=1S/C19H12FN5O2/c20-13-3-1-10(2-4-13)11-5-12(8-23-7-11)15-14(6-21)17(22)27-19-16(15)18(26)24-9-25-19/h1-5,7-9,15H,22H2,(H,24,25,26)/t15-/m0/s1. The SMILES string of the molecule is N#CC1=C(N)Oc2nc[nH]c(=O)c2[C@H]1c1cncc(-c2ccc(F)cc2)c1. The molecule has 0 saturated carbocycles. The number of hydrogen-bond donors (Lipinski definition) is 2. The second kappa shape index (κ2) is 6.38.